The van der Waals surface area contributed by atoms with Crippen molar-refractivity contribution in [3.8, 4) is 11.5 Å². The van der Waals surface area contributed by atoms with Gasteiger partial charge in [-0.05, 0) is 37.6 Å². The highest BCUT2D eigenvalue weighted by Gasteiger charge is 2.49. The summed E-state index contributed by atoms with van der Waals surface area (Å²) in [7, 11) is 0. The van der Waals surface area contributed by atoms with Crippen molar-refractivity contribution in [2.24, 2.45) is 0 Å². The number of urea groups is 1. The first kappa shape index (κ1) is 21.6. The fourth-order valence-electron chi connectivity index (χ4n) is 3.90. The lowest BCUT2D eigenvalue weighted by atomic mass is 9.92. The topological polar surface area (TPSA) is 88.2 Å². The fourth-order valence-corrected chi connectivity index (χ4v) is 3.90. The molecule has 0 bridgehead atoms. The van der Waals surface area contributed by atoms with Gasteiger partial charge < -0.3 is 19.7 Å². The Labute approximate surface area is 184 Å². The third kappa shape index (κ3) is 3.86. The van der Waals surface area contributed by atoms with E-state index in [1.54, 1.807) is 11.0 Å². The number of ether oxygens (including phenoxy) is 2. The van der Waals surface area contributed by atoms with Crippen molar-refractivity contribution < 1.29 is 28.2 Å². The molecule has 2 aliphatic heterocycles. The Morgan fingerprint density at radius 1 is 1.16 bits per heavy atom. The van der Waals surface area contributed by atoms with Gasteiger partial charge in [0.1, 0.15) is 31.1 Å². The van der Waals surface area contributed by atoms with E-state index < -0.39 is 29.8 Å². The third-order valence-corrected chi connectivity index (χ3v) is 5.73. The van der Waals surface area contributed by atoms with Crippen LogP contribution in [-0.2, 0) is 21.7 Å². The number of amides is 4. The van der Waals surface area contributed by atoms with Gasteiger partial charge in [-0.2, -0.15) is 0 Å². The highest BCUT2D eigenvalue weighted by molar-refractivity contribution is 6.09. The molecule has 4 rings (SSSR count). The molecule has 2 aromatic rings. The van der Waals surface area contributed by atoms with E-state index in [4.69, 9.17) is 9.47 Å². The largest absolute Gasteiger partial charge is 0.486 e. The molecular formula is C23H24FN3O5. The Morgan fingerprint density at radius 2 is 1.88 bits per heavy atom. The number of fused-ring (bicyclic) bond motifs is 1. The SMILES string of the molecule is CCN(Cc1cccc2c1OCCO2)C(=O)CN1C(=O)NC(C)(c2ccc(F)cc2)C1=O. The van der Waals surface area contributed by atoms with Crippen LogP contribution in [0.3, 0.4) is 0 Å². The van der Waals surface area contributed by atoms with E-state index in [1.165, 1.54) is 31.2 Å². The molecule has 8 nitrogen and oxygen atoms in total. The molecular weight excluding hydrogens is 417 g/mol. The maximum Gasteiger partial charge on any atom is 0.325 e. The van der Waals surface area contributed by atoms with Gasteiger partial charge in [-0.25, -0.2) is 9.18 Å². The number of para-hydroxylation sites is 1. The Morgan fingerprint density at radius 3 is 2.59 bits per heavy atom. The quantitative estimate of drug-likeness (QED) is 0.696. The van der Waals surface area contributed by atoms with Gasteiger partial charge in [0.05, 0.1) is 0 Å². The predicted molar refractivity (Wildman–Crippen MR) is 113 cm³/mol. The van der Waals surface area contributed by atoms with Crippen molar-refractivity contribution in [1.29, 1.82) is 0 Å². The minimum Gasteiger partial charge on any atom is -0.486 e. The molecule has 2 aliphatic rings. The number of nitrogens with zero attached hydrogens (tertiary/aromatic N) is 2. The number of carbonyl (C=O) groups excluding carboxylic acids is 3. The van der Waals surface area contributed by atoms with Crippen molar-refractivity contribution >= 4 is 17.8 Å². The van der Waals surface area contributed by atoms with Crippen molar-refractivity contribution in [1.82, 2.24) is 15.1 Å². The van der Waals surface area contributed by atoms with Crippen LogP contribution in [0.25, 0.3) is 0 Å². The third-order valence-electron chi connectivity index (χ3n) is 5.73. The first-order chi connectivity index (χ1) is 15.3. The molecule has 4 amide bonds. The Bertz CT molecular complexity index is 1060. The van der Waals surface area contributed by atoms with Gasteiger partial charge in [-0.15, -0.1) is 0 Å². The van der Waals surface area contributed by atoms with Crippen LogP contribution in [0.2, 0.25) is 0 Å². The van der Waals surface area contributed by atoms with E-state index in [0.717, 1.165) is 10.5 Å². The van der Waals surface area contributed by atoms with Crippen LogP contribution < -0.4 is 14.8 Å². The summed E-state index contributed by atoms with van der Waals surface area (Å²) in [5.41, 5.74) is -0.149. The van der Waals surface area contributed by atoms with E-state index >= 15 is 0 Å². The van der Waals surface area contributed by atoms with Gasteiger partial charge in [0, 0.05) is 18.7 Å². The molecule has 168 valence electrons. The molecule has 0 aromatic heterocycles. The van der Waals surface area contributed by atoms with Crippen molar-refractivity contribution in [2.45, 2.75) is 25.9 Å². The number of imide groups is 1. The zero-order chi connectivity index (χ0) is 22.9. The molecule has 0 saturated carbocycles. The molecule has 0 spiro atoms. The minimum atomic E-state index is -1.37. The fraction of sp³-hybridized carbons (Fsp3) is 0.348. The summed E-state index contributed by atoms with van der Waals surface area (Å²) < 4.78 is 24.6. The van der Waals surface area contributed by atoms with Crippen molar-refractivity contribution in [3.05, 3.63) is 59.4 Å². The van der Waals surface area contributed by atoms with Crippen LogP contribution in [0.4, 0.5) is 9.18 Å². The molecule has 1 unspecified atom stereocenters. The molecule has 1 fully saturated rings. The summed E-state index contributed by atoms with van der Waals surface area (Å²) in [5.74, 6) is -0.163. The van der Waals surface area contributed by atoms with E-state index in [-0.39, 0.29) is 12.5 Å². The van der Waals surface area contributed by atoms with Crippen molar-refractivity contribution in [3.63, 3.8) is 0 Å². The van der Waals surface area contributed by atoms with Crippen LogP contribution >= 0.6 is 0 Å². The molecule has 1 saturated heterocycles. The maximum absolute atomic E-state index is 13.3. The number of benzene rings is 2. The Kier molecular flexibility index (Phi) is 5.73. The number of hydrogen-bond donors (Lipinski definition) is 1. The molecule has 1 N–H and O–H groups in total. The first-order valence-corrected chi connectivity index (χ1v) is 10.4. The number of hydrogen-bond acceptors (Lipinski definition) is 5. The number of halogens is 1. The molecule has 0 radical (unpaired) electrons. The van der Waals surface area contributed by atoms with Crippen LogP contribution in [0, 0.1) is 5.82 Å². The Hall–Kier alpha value is -3.62. The smallest absolute Gasteiger partial charge is 0.325 e. The van der Waals surface area contributed by atoms with Gasteiger partial charge in [0.2, 0.25) is 5.91 Å². The van der Waals surface area contributed by atoms with E-state index in [2.05, 4.69) is 5.32 Å². The number of rotatable bonds is 6. The van der Waals surface area contributed by atoms with E-state index in [0.29, 0.717) is 36.8 Å². The molecule has 0 aliphatic carbocycles. The van der Waals surface area contributed by atoms with Crippen LogP contribution in [0.1, 0.15) is 25.0 Å². The van der Waals surface area contributed by atoms with Gasteiger partial charge in [-0.3, -0.25) is 14.5 Å². The number of likely N-dealkylation sites (N-methyl/N-ethyl adjacent to an activating group) is 1. The summed E-state index contributed by atoms with van der Waals surface area (Å²) in [6.07, 6.45) is 0. The molecule has 9 heteroatoms. The standard InChI is InChI=1S/C23H24FN3O5/c1-3-26(13-15-5-4-6-18-20(15)32-12-11-31-18)19(28)14-27-21(29)23(2,25-22(27)30)16-7-9-17(24)10-8-16/h4-10H,3,11-14H2,1-2H3,(H,25,30). The minimum absolute atomic E-state index is 0.251. The van der Waals surface area contributed by atoms with Crippen LogP contribution in [0.15, 0.2) is 42.5 Å². The second-order valence-corrected chi connectivity index (χ2v) is 7.80. The number of carbonyl (C=O) groups is 3. The molecule has 2 aromatic carbocycles. The molecule has 32 heavy (non-hydrogen) atoms. The lowest BCUT2D eigenvalue weighted by molar-refractivity contribution is -0.139. The van der Waals surface area contributed by atoms with Crippen LogP contribution in [-0.4, -0.2) is 53.9 Å². The van der Waals surface area contributed by atoms with Gasteiger partial charge in [0.15, 0.2) is 11.5 Å². The lowest BCUT2D eigenvalue weighted by Gasteiger charge is -2.27. The van der Waals surface area contributed by atoms with E-state index in [1.807, 2.05) is 19.1 Å². The average molecular weight is 441 g/mol. The lowest BCUT2D eigenvalue weighted by Crippen LogP contribution is -2.44. The second kappa shape index (κ2) is 8.49. The monoisotopic (exact) mass is 441 g/mol. The first-order valence-electron chi connectivity index (χ1n) is 10.4. The van der Waals surface area contributed by atoms with Gasteiger partial charge in [0.25, 0.3) is 5.91 Å². The number of nitrogens with one attached hydrogen (secondary N) is 1. The van der Waals surface area contributed by atoms with Gasteiger partial charge in [-0.1, -0.05) is 24.3 Å². The highest BCUT2D eigenvalue weighted by atomic mass is 19.1. The second-order valence-electron chi connectivity index (χ2n) is 7.80. The van der Waals surface area contributed by atoms with Gasteiger partial charge >= 0.3 is 6.03 Å². The summed E-state index contributed by atoms with van der Waals surface area (Å²) in [6.45, 7) is 4.47. The van der Waals surface area contributed by atoms with E-state index in [9.17, 15) is 18.8 Å². The summed E-state index contributed by atoms with van der Waals surface area (Å²) in [4.78, 5) is 41.1. The zero-order valence-corrected chi connectivity index (χ0v) is 17.9. The average Bonchev–Trinajstić information content (AvgIpc) is 3.01. The maximum atomic E-state index is 13.3. The molecule has 2 heterocycles. The summed E-state index contributed by atoms with van der Waals surface area (Å²) in [6, 6.07) is 10.1. The van der Waals surface area contributed by atoms with Crippen molar-refractivity contribution in [2.75, 3.05) is 26.3 Å². The predicted octanol–water partition coefficient (Wildman–Crippen LogP) is 2.41. The Balaban J connectivity index is 1.49. The zero-order valence-electron chi connectivity index (χ0n) is 17.9. The van der Waals surface area contributed by atoms with Crippen LogP contribution in [0.5, 0.6) is 11.5 Å². The molecule has 1 atom stereocenters. The summed E-state index contributed by atoms with van der Waals surface area (Å²) in [5, 5.41) is 2.63. The normalized spacial score (nSPS) is 19.7. The summed E-state index contributed by atoms with van der Waals surface area (Å²) >= 11 is 0. The highest BCUT2D eigenvalue weighted by Crippen LogP contribution is 2.34.